The van der Waals surface area contributed by atoms with E-state index in [1.165, 1.54) is 12.1 Å². The topological polar surface area (TPSA) is 84.9 Å². The predicted molar refractivity (Wildman–Crippen MR) is 93.5 cm³/mol. The van der Waals surface area contributed by atoms with Gasteiger partial charge in [-0.25, -0.2) is 9.59 Å². The Hall–Kier alpha value is -1.92. The number of carboxylic acids is 1. The molecule has 6 nitrogen and oxygen atoms in total. The Bertz CT molecular complexity index is 612. The average molecular weight is 349 g/mol. The highest BCUT2D eigenvalue weighted by atomic mass is 16.5. The number of carbonyl (C=O) groups excluding carboxylic acids is 1. The summed E-state index contributed by atoms with van der Waals surface area (Å²) in [5.74, 6) is -1.37. The lowest BCUT2D eigenvalue weighted by molar-refractivity contribution is -0.103. The minimum atomic E-state index is -1.15. The molecule has 2 rings (SSSR count). The van der Waals surface area contributed by atoms with Crippen LogP contribution in [-0.2, 0) is 9.47 Å². The summed E-state index contributed by atoms with van der Waals surface area (Å²) >= 11 is 0. The Balaban J connectivity index is 2.23. The van der Waals surface area contributed by atoms with Crippen LogP contribution in [0.25, 0.3) is 0 Å². The number of rotatable bonds is 7. The van der Waals surface area contributed by atoms with Gasteiger partial charge in [0.15, 0.2) is 0 Å². The number of hydrogen-bond acceptors (Lipinski definition) is 5. The highest BCUT2D eigenvalue weighted by Crippen LogP contribution is 2.41. The van der Waals surface area contributed by atoms with Gasteiger partial charge in [0.2, 0.25) is 0 Å². The second-order valence-electron chi connectivity index (χ2n) is 7.05. The maximum Gasteiger partial charge on any atom is 0.339 e. The van der Waals surface area contributed by atoms with E-state index >= 15 is 0 Å². The number of aromatic carboxylic acids is 1. The number of nitrogens with one attached hydrogen (secondary N) is 1. The molecule has 1 aliphatic heterocycles. The molecule has 1 atom stereocenters. The van der Waals surface area contributed by atoms with E-state index in [0.717, 1.165) is 6.54 Å². The molecule has 0 bridgehead atoms. The molecular weight excluding hydrogens is 322 g/mol. The number of carbonyl (C=O) groups is 2. The molecule has 1 aromatic carbocycles. The zero-order chi connectivity index (χ0) is 18.6. The van der Waals surface area contributed by atoms with E-state index in [1.807, 2.05) is 0 Å². The standard InChI is InChI=1S/C19H27NO5/c1-12(2)19(13(3)4,18-20-9-10-24-18)11-25-17(23)15-8-6-5-7-14(15)16(21)22/h5-8,12-13,18,20H,9-11H2,1-4H3,(H,21,22). The Kier molecular flexibility index (Phi) is 6.19. The fourth-order valence-corrected chi connectivity index (χ4v) is 3.57. The van der Waals surface area contributed by atoms with Crippen LogP contribution in [0.4, 0.5) is 0 Å². The van der Waals surface area contributed by atoms with Gasteiger partial charge in [-0.2, -0.15) is 0 Å². The van der Waals surface area contributed by atoms with Crippen molar-refractivity contribution in [1.82, 2.24) is 5.32 Å². The van der Waals surface area contributed by atoms with Crippen LogP contribution in [0.5, 0.6) is 0 Å². The number of carboxylic acid groups (broad SMARTS) is 1. The number of ether oxygens (including phenoxy) is 2. The van der Waals surface area contributed by atoms with E-state index in [2.05, 4.69) is 33.0 Å². The molecule has 0 radical (unpaired) electrons. The summed E-state index contributed by atoms with van der Waals surface area (Å²) in [6, 6.07) is 6.09. The average Bonchev–Trinajstić information content (AvgIpc) is 3.09. The van der Waals surface area contributed by atoms with Crippen molar-refractivity contribution in [2.24, 2.45) is 17.3 Å². The van der Waals surface area contributed by atoms with Crippen LogP contribution in [0.2, 0.25) is 0 Å². The third-order valence-electron chi connectivity index (χ3n) is 5.18. The van der Waals surface area contributed by atoms with Gasteiger partial charge in [0, 0.05) is 12.0 Å². The van der Waals surface area contributed by atoms with Crippen LogP contribution in [-0.4, -0.2) is 43.0 Å². The molecule has 6 heteroatoms. The second kappa shape index (κ2) is 7.97. The predicted octanol–water partition coefficient (Wildman–Crippen LogP) is 2.79. The van der Waals surface area contributed by atoms with Crippen molar-refractivity contribution in [2.45, 2.75) is 33.9 Å². The maximum absolute atomic E-state index is 12.5. The summed E-state index contributed by atoms with van der Waals surface area (Å²) in [6.07, 6.45) is -0.199. The van der Waals surface area contributed by atoms with Gasteiger partial charge < -0.3 is 14.6 Å². The van der Waals surface area contributed by atoms with Gasteiger partial charge in [0.25, 0.3) is 0 Å². The van der Waals surface area contributed by atoms with E-state index < -0.39 is 17.4 Å². The molecule has 138 valence electrons. The summed E-state index contributed by atoms with van der Waals surface area (Å²) in [7, 11) is 0. The lowest BCUT2D eigenvalue weighted by atomic mass is 9.68. The molecule has 1 unspecified atom stereocenters. The molecule has 1 aliphatic rings. The molecule has 1 aromatic rings. The molecule has 0 amide bonds. The van der Waals surface area contributed by atoms with E-state index in [-0.39, 0.29) is 35.8 Å². The second-order valence-corrected chi connectivity index (χ2v) is 7.05. The van der Waals surface area contributed by atoms with Gasteiger partial charge in [-0.05, 0) is 24.0 Å². The number of benzene rings is 1. The molecule has 0 saturated carbocycles. The minimum Gasteiger partial charge on any atom is -0.478 e. The van der Waals surface area contributed by atoms with Gasteiger partial charge in [0.1, 0.15) is 12.8 Å². The first-order chi connectivity index (χ1) is 11.8. The Morgan fingerprint density at radius 2 is 1.84 bits per heavy atom. The van der Waals surface area contributed by atoms with Gasteiger partial charge in [-0.15, -0.1) is 0 Å². The SMILES string of the molecule is CC(C)C(COC(=O)c1ccccc1C(=O)O)(C(C)C)C1NCCO1. The largest absolute Gasteiger partial charge is 0.478 e. The lowest BCUT2D eigenvalue weighted by Crippen LogP contribution is -2.53. The minimum absolute atomic E-state index is 0.0533. The third-order valence-corrected chi connectivity index (χ3v) is 5.18. The summed E-state index contributed by atoms with van der Waals surface area (Å²) in [4.78, 5) is 23.8. The molecule has 25 heavy (non-hydrogen) atoms. The highest BCUT2D eigenvalue weighted by Gasteiger charge is 2.47. The van der Waals surface area contributed by atoms with E-state index in [0.29, 0.717) is 6.61 Å². The van der Waals surface area contributed by atoms with E-state index in [1.54, 1.807) is 12.1 Å². The summed E-state index contributed by atoms with van der Waals surface area (Å²) in [5.41, 5.74) is -0.385. The normalized spacial score (nSPS) is 17.9. The van der Waals surface area contributed by atoms with E-state index in [4.69, 9.17) is 9.47 Å². The van der Waals surface area contributed by atoms with Crippen molar-refractivity contribution in [3.05, 3.63) is 35.4 Å². The van der Waals surface area contributed by atoms with Gasteiger partial charge in [0.05, 0.1) is 17.7 Å². The smallest absolute Gasteiger partial charge is 0.339 e. The first-order valence-corrected chi connectivity index (χ1v) is 8.65. The monoisotopic (exact) mass is 349 g/mol. The first kappa shape index (κ1) is 19.4. The third kappa shape index (κ3) is 3.85. The van der Waals surface area contributed by atoms with E-state index in [9.17, 15) is 14.7 Å². The van der Waals surface area contributed by atoms with Crippen molar-refractivity contribution < 1.29 is 24.2 Å². The first-order valence-electron chi connectivity index (χ1n) is 8.65. The molecule has 0 aliphatic carbocycles. The Morgan fingerprint density at radius 3 is 2.32 bits per heavy atom. The van der Waals surface area contributed by atoms with Crippen molar-refractivity contribution in [2.75, 3.05) is 19.8 Å². The molecule has 0 aromatic heterocycles. The molecule has 1 fully saturated rings. The summed E-state index contributed by atoms with van der Waals surface area (Å²) in [5, 5.41) is 12.6. The van der Waals surface area contributed by atoms with Crippen LogP contribution in [0.1, 0.15) is 48.4 Å². The quantitative estimate of drug-likeness (QED) is 0.736. The fourth-order valence-electron chi connectivity index (χ4n) is 3.57. The number of esters is 1. The van der Waals surface area contributed by atoms with Crippen LogP contribution in [0.15, 0.2) is 24.3 Å². The Labute approximate surface area is 148 Å². The van der Waals surface area contributed by atoms with Crippen molar-refractivity contribution in [1.29, 1.82) is 0 Å². The zero-order valence-electron chi connectivity index (χ0n) is 15.2. The maximum atomic E-state index is 12.5. The molecular formula is C19H27NO5. The fraction of sp³-hybridized carbons (Fsp3) is 0.579. The van der Waals surface area contributed by atoms with Crippen LogP contribution in [0, 0.1) is 17.3 Å². The number of hydrogen-bond donors (Lipinski definition) is 2. The molecule has 1 heterocycles. The van der Waals surface area contributed by atoms with Crippen molar-refractivity contribution in [3.63, 3.8) is 0 Å². The molecule has 0 spiro atoms. The van der Waals surface area contributed by atoms with Crippen LogP contribution < -0.4 is 5.32 Å². The highest BCUT2D eigenvalue weighted by molar-refractivity contribution is 6.02. The van der Waals surface area contributed by atoms with Crippen LogP contribution in [0.3, 0.4) is 0 Å². The Morgan fingerprint density at radius 1 is 1.24 bits per heavy atom. The summed E-state index contributed by atoms with van der Waals surface area (Å²) < 4.78 is 11.4. The molecule has 2 N–H and O–H groups in total. The zero-order valence-corrected chi connectivity index (χ0v) is 15.2. The van der Waals surface area contributed by atoms with Gasteiger partial charge >= 0.3 is 11.9 Å². The lowest BCUT2D eigenvalue weighted by Gasteiger charge is -2.44. The summed E-state index contributed by atoms with van der Waals surface area (Å²) in [6.45, 7) is 9.89. The van der Waals surface area contributed by atoms with Crippen molar-refractivity contribution in [3.8, 4) is 0 Å². The van der Waals surface area contributed by atoms with Crippen molar-refractivity contribution >= 4 is 11.9 Å². The van der Waals surface area contributed by atoms with Gasteiger partial charge in [-0.3, -0.25) is 5.32 Å². The molecule has 1 saturated heterocycles. The van der Waals surface area contributed by atoms with Crippen LogP contribution >= 0.6 is 0 Å². The van der Waals surface area contributed by atoms with Gasteiger partial charge in [-0.1, -0.05) is 39.8 Å².